The maximum atomic E-state index is 10.7. The van der Waals surface area contributed by atoms with Crippen molar-refractivity contribution in [2.75, 3.05) is 6.54 Å². The molecule has 0 spiro atoms. The van der Waals surface area contributed by atoms with Gasteiger partial charge in [0.05, 0.1) is 0 Å². The number of amides is 3. The van der Waals surface area contributed by atoms with Gasteiger partial charge in [-0.1, -0.05) is 0 Å². The summed E-state index contributed by atoms with van der Waals surface area (Å²) in [6, 6.07) is -0.799. The van der Waals surface area contributed by atoms with Crippen LogP contribution in [0.5, 0.6) is 0 Å². The molecule has 21 heavy (non-hydrogen) atoms. The number of nitrogens with zero attached hydrogens (tertiary/aromatic N) is 2. The Labute approximate surface area is 118 Å². The second kappa shape index (κ2) is 7.67. The molecule has 0 saturated carbocycles. The number of hydrogen-bond donors (Lipinski definition) is 5. The number of hydrogen-bond acceptors (Lipinski definition) is 6. The van der Waals surface area contributed by atoms with E-state index in [0.717, 1.165) is 0 Å². The standard InChI is InChI=1S/C10H15N5O6/c11-6(16)4-7-14-15-8(21-7)5(13-10(19)20)2-1-3-12-9(17)18/h5,12-13H,1-4H2,(H2,11,16)(H,17,18)(H,19,20)/t5-/m0/s1. The van der Waals surface area contributed by atoms with Crippen LogP contribution in [0, 0.1) is 0 Å². The first-order chi connectivity index (χ1) is 9.88. The van der Waals surface area contributed by atoms with Crippen molar-refractivity contribution >= 4 is 18.1 Å². The maximum Gasteiger partial charge on any atom is 0.405 e. The van der Waals surface area contributed by atoms with E-state index >= 15 is 0 Å². The van der Waals surface area contributed by atoms with E-state index in [1.807, 2.05) is 0 Å². The summed E-state index contributed by atoms with van der Waals surface area (Å²) in [7, 11) is 0. The lowest BCUT2D eigenvalue weighted by molar-refractivity contribution is -0.117. The molecule has 0 saturated heterocycles. The average molecular weight is 301 g/mol. The SMILES string of the molecule is NC(=O)Cc1nnc([C@H](CCCNC(=O)O)NC(=O)O)o1. The molecule has 11 heteroatoms. The Morgan fingerprint density at radius 3 is 2.52 bits per heavy atom. The molecule has 0 radical (unpaired) electrons. The fourth-order valence-electron chi connectivity index (χ4n) is 1.54. The molecular formula is C10H15N5O6. The van der Waals surface area contributed by atoms with Crippen molar-refractivity contribution in [2.24, 2.45) is 5.73 Å². The van der Waals surface area contributed by atoms with Gasteiger partial charge in [-0.2, -0.15) is 0 Å². The summed E-state index contributed by atoms with van der Waals surface area (Å²) < 4.78 is 5.15. The fraction of sp³-hybridized carbons (Fsp3) is 0.500. The lowest BCUT2D eigenvalue weighted by Gasteiger charge is -2.12. The molecule has 1 rings (SSSR count). The fourth-order valence-corrected chi connectivity index (χ4v) is 1.54. The molecule has 1 aromatic rings. The van der Waals surface area contributed by atoms with E-state index in [9.17, 15) is 14.4 Å². The van der Waals surface area contributed by atoms with Crippen molar-refractivity contribution in [3.63, 3.8) is 0 Å². The molecule has 0 aliphatic rings. The predicted molar refractivity (Wildman–Crippen MR) is 66.4 cm³/mol. The molecule has 11 nitrogen and oxygen atoms in total. The van der Waals surface area contributed by atoms with Gasteiger partial charge >= 0.3 is 12.2 Å². The number of rotatable bonds is 8. The molecule has 0 aliphatic heterocycles. The summed E-state index contributed by atoms with van der Waals surface area (Å²) in [5.41, 5.74) is 4.98. The van der Waals surface area contributed by atoms with Crippen LogP contribution in [0.4, 0.5) is 9.59 Å². The van der Waals surface area contributed by atoms with E-state index in [1.54, 1.807) is 0 Å². The molecule has 116 valence electrons. The summed E-state index contributed by atoms with van der Waals surface area (Å²) in [5, 5.41) is 28.7. The van der Waals surface area contributed by atoms with E-state index in [2.05, 4.69) is 20.8 Å². The van der Waals surface area contributed by atoms with Crippen molar-refractivity contribution in [3.05, 3.63) is 11.8 Å². The largest absolute Gasteiger partial charge is 0.465 e. The number of carbonyl (C=O) groups excluding carboxylic acids is 1. The van der Waals surface area contributed by atoms with Crippen LogP contribution in [0.25, 0.3) is 0 Å². The molecule has 0 bridgehead atoms. The first kappa shape index (κ1) is 16.2. The van der Waals surface area contributed by atoms with Crippen LogP contribution >= 0.6 is 0 Å². The minimum atomic E-state index is -1.29. The Kier molecular flexibility index (Phi) is 5.92. The topological polar surface area (TPSA) is 181 Å². The van der Waals surface area contributed by atoms with Gasteiger partial charge in [0.25, 0.3) is 0 Å². The number of aromatic nitrogens is 2. The minimum absolute atomic E-state index is 0.0102. The van der Waals surface area contributed by atoms with Gasteiger partial charge in [-0.25, -0.2) is 9.59 Å². The van der Waals surface area contributed by atoms with Crippen LogP contribution in [0.3, 0.4) is 0 Å². The Balaban J connectivity index is 2.63. The molecule has 0 unspecified atom stereocenters. The number of carbonyl (C=O) groups is 3. The Bertz CT molecular complexity index is 516. The third-order valence-corrected chi connectivity index (χ3v) is 2.35. The van der Waals surface area contributed by atoms with Gasteiger partial charge in [-0.15, -0.1) is 10.2 Å². The van der Waals surface area contributed by atoms with Crippen LogP contribution in [-0.4, -0.2) is 45.0 Å². The van der Waals surface area contributed by atoms with E-state index in [4.69, 9.17) is 20.4 Å². The van der Waals surface area contributed by atoms with Gasteiger partial charge < -0.3 is 31.0 Å². The van der Waals surface area contributed by atoms with E-state index < -0.39 is 24.1 Å². The van der Waals surface area contributed by atoms with Gasteiger partial charge in [0.15, 0.2) is 0 Å². The highest BCUT2D eigenvalue weighted by atomic mass is 16.4. The molecule has 1 atom stereocenters. The summed E-state index contributed by atoms with van der Waals surface area (Å²) in [6.45, 7) is 0.148. The second-order valence-corrected chi connectivity index (χ2v) is 4.05. The van der Waals surface area contributed by atoms with Crippen molar-refractivity contribution in [3.8, 4) is 0 Å². The molecule has 0 fully saturated rings. The van der Waals surface area contributed by atoms with Crippen molar-refractivity contribution < 1.29 is 29.0 Å². The Hall–Kier alpha value is -2.85. The summed E-state index contributed by atoms with van der Waals surface area (Å²) in [4.78, 5) is 31.7. The van der Waals surface area contributed by atoms with E-state index in [-0.39, 0.29) is 31.2 Å². The van der Waals surface area contributed by atoms with Crippen LogP contribution in [0.15, 0.2) is 4.42 Å². The highest BCUT2D eigenvalue weighted by Crippen LogP contribution is 2.17. The number of nitrogens with one attached hydrogen (secondary N) is 2. The molecule has 0 aromatic carbocycles. The van der Waals surface area contributed by atoms with Crippen molar-refractivity contribution in [1.29, 1.82) is 0 Å². The molecule has 0 aliphatic carbocycles. The van der Waals surface area contributed by atoms with Crippen LogP contribution in [0.1, 0.15) is 30.7 Å². The molecule has 1 aromatic heterocycles. The monoisotopic (exact) mass is 301 g/mol. The van der Waals surface area contributed by atoms with Crippen LogP contribution in [-0.2, 0) is 11.2 Å². The first-order valence-corrected chi connectivity index (χ1v) is 5.95. The summed E-state index contributed by atoms with van der Waals surface area (Å²) in [6.07, 6.45) is -2.11. The van der Waals surface area contributed by atoms with E-state index in [1.165, 1.54) is 0 Å². The Morgan fingerprint density at radius 2 is 1.95 bits per heavy atom. The number of nitrogens with two attached hydrogens (primary N) is 1. The normalized spacial score (nSPS) is 11.6. The van der Waals surface area contributed by atoms with Crippen LogP contribution in [0.2, 0.25) is 0 Å². The van der Waals surface area contributed by atoms with Gasteiger partial charge in [-0.3, -0.25) is 4.79 Å². The second-order valence-electron chi connectivity index (χ2n) is 4.05. The average Bonchev–Trinajstić information content (AvgIpc) is 2.79. The predicted octanol–water partition coefficient (Wildman–Crippen LogP) is -0.546. The Morgan fingerprint density at radius 1 is 1.24 bits per heavy atom. The zero-order valence-corrected chi connectivity index (χ0v) is 10.9. The molecule has 6 N–H and O–H groups in total. The highest BCUT2D eigenvalue weighted by Gasteiger charge is 2.21. The minimum Gasteiger partial charge on any atom is -0.465 e. The van der Waals surface area contributed by atoms with Gasteiger partial charge in [0.1, 0.15) is 12.5 Å². The van der Waals surface area contributed by atoms with Crippen molar-refractivity contribution in [1.82, 2.24) is 20.8 Å². The van der Waals surface area contributed by atoms with Gasteiger partial charge in [-0.05, 0) is 12.8 Å². The summed E-state index contributed by atoms with van der Waals surface area (Å²) in [5.74, 6) is -0.680. The molecular weight excluding hydrogens is 286 g/mol. The zero-order valence-electron chi connectivity index (χ0n) is 10.9. The molecule has 3 amide bonds. The zero-order chi connectivity index (χ0) is 15.8. The third-order valence-electron chi connectivity index (χ3n) is 2.35. The first-order valence-electron chi connectivity index (χ1n) is 5.95. The number of primary amides is 1. The maximum absolute atomic E-state index is 10.7. The van der Waals surface area contributed by atoms with Gasteiger partial charge in [0, 0.05) is 6.54 Å². The third kappa shape index (κ3) is 6.22. The lowest BCUT2D eigenvalue weighted by Crippen LogP contribution is -2.28. The van der Waals surface area contributed by atoms with Crippen LogP contribution < -0.4 is 16.4 Å². The highest BCUT2D eigenvalue weighted by molar-refractivity contribution is 5.75. The number of carboxylic acid groups (broad SMARTS) is 2. The smallest absolute Gasteiger partial charge is 0.405 e. The molecule has 1 heterocycles. The lowest BCUT2D eigenvalue weighted by atomic mass is 10.1. The summed E-state index contributed by atoms with van der Waals surface area (Å²) >= 11 is 0. The van der Waals surface area contributed by atoms with Gasteiger partial charge in [0.2, 0.25) is 17.7 Å². The van der Waals surface area contributed by atoms with Crippen molar-refractivity contribution in [2.45, 2.75) is 25.3 Å². The van der Waals surface area contributed by atoms with E-state index in [0.29, 0.717) is 6.42 Å². The quantitative estimate of drug-likeness (QED) is 0.396.